The zero-order chi connectivity index (χ0) is 12.4. The van der Waals surface area contributed by atoms with E-state index in [0.717, 1.165) is 5.92 Å². The highest BCUT2D eigenvalue weighted by molar-refractivity contribution is 5.35. The molecule has 0 saturated heterocycles. The van der Waals surface area contributed by atoms with Gasteiger partial charge in [-0.25, -0.2) is 0 Å². The lowest BCUT2D eigenvalue weighted by Crippen LogP contribution is -2.23. The number of hydrogen-bond donors (Lipinski definition) is 1. The Labute approximate surface area is 111 Å². The van der Waals surface area contributed by atoms with Gasteiger partial charge < -0.3 is 5.32 Å². The molecule has 18 heavy (non-hydrogen) atoms. The van der Waals surface area contributed by atoms with Crippen molar-refractivity contribution >= 4 is 0 Å². The lowest BCUT2D eigenvalue weighted by molar-refractivity contribution is 0.265. The lowest BCUT2D eigenvalue weighted by atomic mass is 9.79. The first kappa shape index (κ1) is 12.2. The molecule has 1 fully saturated rings. The largest absolute Gasteiger partial charge is 0.313 e. The number of fused-ring (bicyclic) bond motifs is 1. The zero-order valence-electron chi connectivity index (χ0n) is 11.5. The summed E-state index contributed by atoms with van der Waals surface area (Å²) in [6, 6.07) is 7.80. The van der Waals surface area contributed by atoms with Crippen LogP contribution in [0.25, 0.3) is 0 Å². The van der Waals surface area contributed by atoms with E-state index in [1.54, 1.807) is 11.1 Å². The molecule has 0 bridgehead atoms. The minimum absolute atomic E-state index is 0.572. The molecule has 1 N–H and O–H groups in total. The van der Waals surface area contributed by atoms with Crippen LogP contribution >= 0.6 is 0 Å². The third-order valence-corrected chi connectivity index (χ3v) is 4.92. The first-order valence-electron chi connectivity index (χ1n) is 7.66. The van der Waals surface area contributed by atoms with Crippen molar-refractivity contribution in [2.45, 2.75) is 57.4 Å². The number of rotatable bonds is 4. The summed E-state index contributed by atoms with van der Waals surface area (Å²) < 4.78 is 0. The van der Waals surface area contributed by atoms with Crippen molar-refractivity contribution in [1.82, 2.24) is 5.32 Å². The zero-order valence-corrected chi connectivity index (χ0v) is 11.5. The second kappa shape index (κ2) is 5.44. The van der Waals surface area contributed by atoms with Crippen LogP contribution in [0, 0.1) is 5.92 Å². The molecule has 0 aromatic heterocycles. The molecule has 1 aromatic carbocycles. The van der Waals surface area contributed by atoms with Gasteiger partial charge in [0.1, 0.15) is 0 Å². The summed E-state index contributed by atoms with van der Waals surface area (Å²) in [6.07, 6.45) is 11.0. The van der Waals surface area contributed by atoms with Gasteiger partial charge in [0.25, 0.3) is 0 Å². The molecule has 1 saturated carbocycles. The Bertz CT molecular complexity index is 406. The molecule has 1 aromatic rings. The Kier molecular flexibility index (Phi) is 3.69. The van der Waals surface area contributed by atoms with Gasteiger partial charge in [-0.2, -0.15) is 0 Å². The average molecular weight is 243 g/mol. The molecule has 2 aliphatic carbocycles. The third kappa shape index (κ3) is 2.47. The molecule has 1 heteroatoms. The number of aryl methyl sites for hydroxylation is 2. The molecule has 1 unspecified atom stereocenters. The van der Waals surface area contributed by atoms with Crippen LogP contribution in [0.15, 0.2) is 18.2 Å². The van der Waals surface area contributed by atoms with Gasteiger partial charge in [0.05, 0.1) is 0 Å². The van der Waals surface area contributed by atoms with Gasteiger partial charge >= 0.3 is 0 Å². The summed E-state index contributed by atoms with van der Waals surface area (Å²) in [5.41, 5.74) is 4.74. The molecular weight excluding hydrogens is 218 g/mol. The molecule has 98 valence electrons. The van der Waals surface area contributed by atoms with Crippen molar-refractivity contribution in [2.75, 3.05) is 7.05 Å². The molecule has 3 rings (SSSR count). The van der Waals surface area contributed by atoms with Gasteiger partial charge in [0.15, 0.2) is 0 Å². The van der Waals surface area contributed by atoms with Crippen LogP contribution < -0.4 is 5.32 Å². The normalized spacial score (nSPS) is 21.2. The summed E-state index contributed by atoms with van der Waals surface area (Å²) in [7, 11) is 2.11. The van der Waals surface area contributed by atoms with Crippen molar-refractivity contribution in [3.63, 3.8) is 0 Å². The number of benzene rings is 1. The first-order valence-corrected chi connectivity index (χ1v) is 7.66. The second-order valence-electron chi connectivity index (χ2n) is 6.11. The predicted octanol–water partition coefficient (Wildman–Crippen LogP) is 4.02. The molecule has 0 spiro atoms. The number of hydrogen-bond acceptors (Lipinski definition) is 1. The van der Waals surface area contributed by atoms with Gasteiger partial charge in [-0.3, -0.25) is 0 Å². The van der Waals surface area contributed by atoms with Crippen LogP contribution in [0.4, 0.5) is 0 Å². The maximum Gasteiger partial charge on any atom is 0.0320 e. The topological polar surface area (TPSA) is 12.0 Å². The summed E-state index contributed by atoms with van der Waals surface area (Å²) in [5, 5.41) is 3.52. The quantitative estimate of drug-likeness (QED) is 0.842. The van der Waals surface area contributed by atoms with Crippen molar-refractivity contribution in [1.29, 1.82) is 0 Å². The van der Waals surface area contributed by atoms with E-state index in [9.17, 15) is 0 Å². The minimum atomic E-state index is 0.572. The Hall–Kier alpha value is -0.820. The summed E-state index contributed by atoms with van der Waals surface area (Å²) in [5.74, 6) is 0.971. The van der Waals surface area contributed by atoms with Crippen LogP contribution in [-0.4, -0.2) is 7.05 Å². The van der Waals surface area contributed by atoms with E-state index < -0.39 is 0 Å². The Morgan fingerprint density at radius 3 is 2.56 bits per heavy atom. The summed E-state index contributed by atoms with van der Waals surface area (Å²) in [4.78, 5) is 0. The van der Waals surface area contributed by atoms with Crippen LogP contribution in [0.3, 0.4) is 0 Å². The van der Waals surface area contributed by atoms with Crippen LogP contribution in [0.2, 0.25) is 0 Å². The molecular formula is C17H25N. The van der Waals surface area contributed by atoms with Gasteiger partial charge in [0, 0.05) is 6.04 Å². The molecule has 0 amide bonds. The highest BCUT2D eigenvalue weighted by Gasteiger charge is 2.22. The van der Waals surface area contributed by atoms with E-state index >= 15 is 0 Å². The Morgan fingerprint density at radius 1 is 1.11 bits per heavy atom. The molecule has 1 atom stereocenters. The van der Waals surface area contributed by atoms with Crippen LogP contribution in [-0.2, 0) is 12.8 Å². The fourth-order valence-electron chi connectivity index (χ4n) is 3.45. The van der Waals surface area contributed by atoms with Crippen molar-refractivity contribution in [2.24, 2.45) is 5.92 Å². The SMILES string of the molecule is CNC(CC1CCC1)c1ccc2c(c1)CCCC2. The molecule has 1 nitrogen and oxygen atoms in total. The smallest absolute Gasteiger partial charge is 0.0320 e. The van der Waals surface area contributed by atoms with Crippen LogP contribution in [0.5, 0.6) is 0 Å². The predicted molar refractivity (Wildman–Crippen MR) is 76.8 cm³/mol. The van der Waals surface area contributed by atoms with Crippen molar-refractivity contribution < 1.29 is 0 Å². The minimum Gasteiger partial charge on any atom is -0.313 e. The average Bonchev–Trinajstić information content (AvgIpc) is 2.37. The summed E-state index contributed by atoms with van der Waals surface area (Å²) >= 11 is 0. The van der Waals surface area contributed by atoms with E-state index in [0.29, 0.717) is 6.04 Å². The van der Waals surface area contributed by atoms with Crippen LogP contribution in [0.1, 0.15) is 61.3 Å². The Balaban J connectivity index is 1.76. The molecule has 0 heterocycles. The standard InChI is InChI=1S/C17H25N/c1-18-17(11-13-5-4-6-13)16-10-9-14-7-2-3-8-15(14)12-16/h9-10,12-13,17-18H,2-8,11H2,1H3. The van der Waals surface area contributed by atoms with Gasteiger partial charge in [-0.1, -0.05) is 37.5 Å². The highest BCUT2D eigenvalue weighted by atomic mass is 14.9. The maximum absolute atomic E-state index is 3.52. The summed E-state index contributed by atoms with van der Waals surface area (Å²) in [6.45, 7) is 0. The fourth-order valence-corrected chi connectivity index (χ4v) is 3.45. The molecule has 0 radical (unpaired) electrons. The van der Waals surface area contributed by atoms with E-state index in [-0.39, 0.29) is 0 Å². The third-order valence-electron chi connectivity index (χ3n) is 4.92. The van der Waals surface area contributed by atoms with E-state index in [1.807, 2.05) is 0 Å². The molecule has 0 aliphatic heterocycles. The first-order chi connectivity index (χ1) is 8.86. The van der Waals surface area contributed by atoms with Gasteiger partial charge in [-0.15, -0.1) is 0 Å². The number of nitrogens with one attached hydrogen (secondary N) is 1. The maximum atomic E-state index is 3.52. The highest BCUT2D eigenvalue weighted by Crippen LogP contribution is 2.35. The lowest BCUT2D eigenvalue weighted by Gasteiger charge is -2.30. The van der Waals surface area contributed by atoms with E-state index in [2.05, 4.69) is 30.6 Å². The molecule has 2 aliphatic rings. The second-order valence-corrected chi connectivity index (χ2v) is 6.11. The van der Waals surface area contributed by atoms with Gasteiger partial charge in [0.2, 0.25) is 0 Å². The fraction of sp³-hybridized carbons (Fsp3) is 0.647. The van der Waals surface area contributed by atoms with Crippen molar-refractivity contribution in [3.8, 4) is 0 Å². The van der Waals surface area contributed by atoms with E-state index in [4.69, 9.17) is 0 Å². The monoisotopic (exact) mass is 243 g/mol. The van der Waals surface area contributed by atoms with Crippen molar-refractivity contribution in [3.05, 3.63) is 34.9 Å². The van der Waals surface area contributed by atoms with Gasteiger partial charge in [-0.05, 0) is 61.8 Å². The Morgan fingerprint density at radius 2 is 1.89 bits per heavy atom. The van der Waals surface area contributed by atoms with E-state index in [1.165, 1.54) is 56.9 Å².